The van der Waals surface area contributed by atoms with Crippen LogP contribution in [0, 0.1) is 5.92 Å². The van der Waals surface area contributed by atoms with E-state index in [4.69, 9.17) is 4.74 Å². The highest BCUT2D eigenvalue weighted by molar-refractivity contribution is 5.77. The van der Waals surface area contributed by atoms with Gasteiger partial charge in [-0.25, -0.2) is 0 Å². The molecule has 14 heavy (non-hydrogen) atoms. The molecule has 0 atom stereocenters. The van der Waals surface area contributed by atoms with Crippen LogP contribution in [0.3, 0.4) is 0 Å². The first-order chi connectivity index (χ1) is 6.66. The van der Waals surface area contributed by atoms with Gasteiger partial charge in [0.1, 0.15) is 6.61 Å². The van der Waals surface area contributed by atoms with Gasteiger partial charge < -0.3 is 10.1 Å². The van der Waals surface area contributed by atoms with Gasteiger partial charge in [-0.05, 0) is 25.2 Å². The lowest BCUT2D eigenvalue weighted by molar-refractivity contribution is -0.125. The van der Waals surface area contributed by atoms with Gasteiger partial charge >= 0.3 is 0 Å². The summed E-state index contributed by atoms with van der Waals surface area (Å²) in [5.41, 5.74) is 0. The Kier molecular flexibility index (Phi) is 8.64. The summed E-state index contributed by atoms with van der Waals surface area (Å²) < 4.78 is 5.11. The van der Waals surface area contributed by atoms with E-state index in [1.807, 2.05) is 6.92 Å². The van der Waals surface area contributed by atoms with Crippen molar-refractivity contribution in [3.05, 3.63) is 0 Å². The molecule has 0 spiro atoms. The lowest BCUT2D eigenvalue weighted by Gasteiger charge is -2.06. The minimum absolute atomic E-state index is 0.00204. The van der Waals surface area contributed by atoms with Crippen LogP contribution in [0.15, 0.2) is 0 Å². The molecule has 0 aromatic rings. The summed E-state index contributed by atoms with van der Waals surface area (Å²) in [6, 6.07) is 0. The topological polar surface area (TPSA) is 38.3 Å². The van der Waals surface area contributed by atoms with Gasteiger partial charge in [0.05, 0.1) is 0 Å². The Bertz CT molecular complexity index is 146. The van der Waals surface area contributed by atoms with Gasteiger partial charge in [0.25, 0.3) is 0 Å². The molecule has 0 saturated heterocycles. The van der Waals surface area contributed by atoms with Crippen LogP contribution in [-0.2, 0) is 9.53 Å². The van der Waals surface area contributed by atoms with Crippen LogP contribution >= 0.6 is 0 Å². The highest BCUT2D eigenvalue weighted by Gasteiger charge is 2.00. The molecule has 0 heterocycles. The average Bonchev–Trinajstić information content (AvgIpc) is 2.13. The van der Waals surface area contributed by atoms with Gasteiger partial charge in [-0.3, -0.25) is 4.79 Å². The molecule has 1 N–H and O–H groups in total. The first-order valence-electron chi connectivity index (χ1n) is 5.51. The van der Waals surface area contributed by atoms with Gasteiger partial charge in [0.2, 0.25) is 5.91 Å². The van der Waals surface area contributed by atoms with Crippen LogP contribution in [0.5, 0.6) is 0 Å². The normalized spacial score (nSPS) is 10.6. The second-order valence-corrected chi connectivity index (χ2v) is 3.94. The second-order valence-electron chi connectivity index (χ2n) is 3.94. The molecule has 3 nitrogen and oxygen atoms in total. The number of rotatable bonds is 8. The minimum atomic E-state index is 0.00204. The average molecular weight is 201 g/mol. The molecule has 0 saturated carbocycles. The summed E-state index contributed by atoms with van der Waals surface area (Å²) in [4.78, 5) is 11.1. The third-order valence-electron chi connectivity index (χ3n) is 1.86. The van der Waals surface area contributed by atoms with Crippen molar-refractivity contribution in [3.63, 3.8) is 0 Å². The van der Waals surface area contributed by atoms with Gasteiger partial charge in [-0.2, -0.15) is 0 Å². The molecular formula is C11H23NO2. The molecule has 0 rings (SSSR count). The van der Waals surface area contributed by atoms with Gasteiger partial charge in [0.15, 0.2) is 0 Å². The van der Waals surface area contributed by atoms with E-state index >= 15 is 0 Å². The van der Waals surface area contributed by atoms with Crippen LogP contribution in [0.4, 0.5) is 0 Å². The van der Waals surface area contributed by atoms with E-state index in [0.29, 0.717) is 12.5 Å². The zero-order valence-electron chi connectivity index (χ0n) is 9.64. The van der Waals surface area contributed by atoms with Crippen LogP contribution < -0.4 is 5.32 Å². The largest absolute Gasteiger partial charge is 0.372 e. The first kappa shape index (κ1) is 13.4. The van der Waals surface area contributed by atoms with Crippen molar-refractivity contribution in [2.24, 2.45) is 5.92 Å². The summed E-state index contributed by atoms with van der Waals surface area (Å²) in [6.07, 6.45) is 3.17. The summed E-state index contributed by atoms with van der Waals surface area (Å²) >= 11 is 0. The molecule has 1 amide bonds. The van der Waals surface area contributed by atoms with Crippen LogP contribution in [0.25, 0.3) is 0 Å². The Hall–Kier alpha value is -0.570. The molecule has 0 aromatic carbocycles. The second kappa shape index (κ2) is 9.00. The van der Waals surface area contributed by atoms with E-state index in [1.165, 1.54) is 0 Å². The molecule has 0 bridgehead atoms. The van der Waals surface area contributed by atoms with E-state index in [9.17, 15) is 4.79 Å². The van der Waals surface area contributed by atoms with Crippen LogP contribution in [-0.4, -0.2) is 25.7 Å². The summed E-state index contributed by atoms with van der Waals surface area (Å²) in [6.45, 7) is 8.04. The zero-order chi connectivity index (χ0) is 10.8. The molecule has 0 aliphatic carbocycles. The Morgan fingerprint density at radius 2 is 2.14 bits per heavy atom. The first-order valence-corrected chi connectivity index (χ1v) is 5.51. The molecule has 0 aliphatic rings. The number of hydrogen-bond acceptors (Lipinski definition) is 2. The van der Waals surface area contributed by atoms with Gasteiger partial charge in [-0.1, -0.05) is 20.8 Å². The Labute approximate surface area is 87.2 Å². The number of hydrogen-bond donors (Lipinski definition) is 1. The monoisotopic (exact) mass is 201 g/mol. The van der Waals surface area contributed by atoms with Gasteiger partial charge in [0, 0.05) is 13.2 Å². The maximum atomic E-state index is 11.1. The predicted molar refractivity (Wildman–Crippen MR) is 58.2 cm³/mol. The molecule has 0 aliphatic heterocycles. The summed E-state index contributed by atoms with van der Waals surface area (Å²) in [7, 11) is 0. The van der Waals surface area contributed by atoms with E-state index in [1.54, 1.807) is 0 Å². The van der Waals surface area contributed by atoms with Crippen molar-refractivity contribution in [1.29, 1.82) is 0 Å². The van der Waals surface area contributed by atoms with E-state index in [2.05, 4.69) is 19.2 Å². The standard InChI is InChI=1S/C11H23NO2/c1-4-8-14-9-11(13)12-7-5-6-10(2)3/h10H,4-9H2,1-3H3,(H,12,13). The molecule has 3 heteroatoms. The van der Waals surface area contributed by atoms with Gasteiger partial charge in [-0.15, -0.1) is 0 Å². The number of nitrogens with one attached hydrogen (secondary N) is 1. The van der Waals surface area contributed by atoms with E-state index in [0.717, 1.165) is 25.8 Å². The van der Waals surface area contributed by atoms with Crippen molar-refractivity contribution in [2.45, 2.75) is 40.0 Å². The molecule has 84 valence electrons. The third kappa shape index (κ3) is 9.52. The highest BCUT2D eigenvalue weighted by atomic mass is 16.5. The fourth-order valence-electron chi connectivity index (χ4n) is 1.10. The third-order valence-corrected chi connectivity index (χ3v) is 1.86. The summed E-state index contributed by atoms with van der Waals surface area (Å²) in [5.74, 6) is 0.713. The minimum Gasteiger partial charge on any atom is -0.372 e. The Morgan fingerprint density at radius 1 is 1.43 bits per heavy atom. The Balaban J connectivity index is 3.18. The van der Waals surface area contributed by atoms with E-state index in [-0.39, 0.29) is 12.5 Å². The SMILES string of the molecule is CCCOCC(=O)NCCCC(C)C. The fourth-order valence-corrected chi connectivity index (χ4v) is 1.10. The molecular weight excluding hydrogens is 178 g/mol. The molecule has 0 aromatic heterocycles. The van der Waals surface area contributed by atoms with E-state index < -0.39 is 0 Å². The van der Waals surface area contributed by atoms with Crippen molar-refractivity contribution < 1.29 is 9.53 Å². The maximum Gasteiger partial charge on any atom is 0.245 e. The van der Waals surface area contributed by atoms with Crippen molar-refractivity contribution in [1.82, 2.24) is 5.32 Å². The number of carbonyl (C=O) groups is 1. The van der Waals surface area contributed by atoms with Crippen LogP contribution in [0.2, 0.25) is 0 Å². The number of ether oxygens (including phenoxy) is 1. The summed E-state index contributed by atoms with van der Waals surface area (Å²) in [5, 5.41) is 2.83. The predicted octanol–water partition coefficient (Wildman–Crippen LogP) is 1.97. The maximum absolute atomic E-state index is 11.1. The lowest BCUT2D eigenvalue weighted by atomic mass is 10.1. The van der Waals surface area contributed by atoms with Crippen molar-refractivity contribution in [3.8, 4) is 0 Å². The fraction of sp³-hybridized carbons (Fsp3) is 0.909. The van der Waals surface area contributed by atoms with Crippen molar-refractivity contribution >= 4 is 5.91 Å². The molecule has 0 unspecified atom stereocenters. The highest BCUT2D eigenvalue weighted by Crippen LogP contribution is 2.01. The number of amides is 1. The lowest BCUT2D eigenvalue weighted by Crippen LogP contribution is -2.28. The molecule has 0 fully saturated rings. The van der Waals surface area contributed by atoms with Crippen molar-refractivity contribution in [2.75, 3.05) is 19.8 Å². The van der Waals surface area contributed by atoms with Crippen LogP contribution in [0.1, 0.15) is 40.0 Å². The quantitative estimate of drug-likeness (QED) is 0.610. The number of carbonyl (C=O) groups excluding carboxylic acids is 1. The Morgan fingerprint density at radius 3 is 2.71 bits per heavy atom. The zero-order valence-corrected chi connectivity index (χ0v) is 9.64. The smallest absolute Gasteiger partial charge is 0.245 e. The molecule has 0 radical (unpaired) electrons.